The van der Waals surface area contributed by atoms with Crippen LogP contribution in [0, 0.1) is 5.82 Å². The normalized spacial score (nSPS) is 11.1. The third-order valence-corrected chi connectivity index (χ3v) is 3.12. The lowest BCUT2D eigenvalue weighted by molar-refractivity contribution is -0.137. The van der Waals surface area contributed by atoms with E-state index in [4.69, 9.17) is 0 Å². The van der Waals surface area contributed by atoms with Crippen molar-refractivity contribution < 1.29 is 22.4 Å². The molecule has 0 bridgehead atoms. The van der Waals surface area contributed by atoms with E-state index in [0.717, 1.165) is 18.2 Å². The van der Waals surface area contributed by atoms with E-state index in [1.165, 1.54) is 24.3 Å². The number of amides is 2. The lowest BCUT2D eigenvalue weighted by atomic mass is 10.2. The van der Waals surface area contributed by atoms with Crippen LogP contribution in [-0.2, 0) is 6.18 Å². The second-order valence-electron chi connectivity index (χ2n) is 4.28. The van der Waals surface area contributed by atoms with E-state index in [2.05, 4.69) is 26.6 Å². The molecule has 2 rings (SSSR count). The number of hydrogen-bond acceptors (Lipinski definition) is 1. The van der Waals surface area contributed by atoms with Gasteiger partial charge in [0.05, 0.1) is 11.3 Å². The highest BCUT2D eigenvalue weighted by molar-refractivity contribution is 9.10. The summed E-state index contributed by atoms with van der Waals surface area (Å²) < 4.78 is 51.7. The molecule has 116 valence electrons. The summed E-state index contributed by atoms with van der Waals surface area (Å²) in [5.74, 6) is -0.673. The lowest BCUT2D eigenvalue weighted by Gasteiger charge is -2.11. The van der Waals surface area contributed by atoms with Crippen molar-refractivity contribution in [3.8, 4) is 0 Å². The molecule has 0 aliphatic carbocycles. The minimum Gasteiger partial charge on any atom is -0.308 e. The van der Waals surface area contributed by atoms with Crippen LogP contribution in [0.3, 0.4) is 0 Å². The molecule has 2 N–H and O–H groups in total. The van der Waals surface area contributed by atoms with Crippen LogP contribution in [0.5, 0.6) is 0 Å². The first-order valence-electron chi connectivity index (χ1n) is 5.96. The largest absolute Gasteiger partial charge is 0.416 e. The van der Waals surface area contributed by atoms with Crippen LogP contribution in [0.1, 0.15) is 5.56 Å². The second-order valence-corrected chi connectivity index (χ2v) is 5.20. The van der Waals surface area contributed by atoms with Crippen LogP contribution >= 0.6 is 15.9 Å². The van der Waals surface area contributed by atoms with Crippen molar-refractivity contribution in [2.75, 3.05) is 10.6 Å². The lowest BCUT2D eigenvalue weighted by Crippen LogP contribution is -2.20. The molecule has 0 aliphatic heterocycles. The molecule has 2 aromatic carbocycles. The fourth-order valence-corrected chi connectivity index (χ4v) is 1.98. The van der Waals surface area contributed by atoms with Gasteiger partial charge >= 0.3 is 12.2 Å². The Morgan fingerprint density at radius 2 is 1.77 bits per heavy atom. The predicted molar refractivity (Wildman–Crippen MR) is 78.2 cm³/mol. The molecule has 0 heterocycles. The zero-order chi connectivity index (χ0) is 16.3. The number of carbonyl (C=O) groups is 1. The number of nitrogens with one attached hydrogen (secondary N) is 2. The molecule has 3 nitrogen and oxygen atoms in total. The number of hydrogen-bond donors (Lipinski definition) is 2. The Kier molecular flexibility index (Phi) is 4.70. The highest BCUT2D eigenvalue weighted by Gasteiger charge is 2.30. The first-order chi connectivity index (χ1) is 10.3. The Bertz CT molecular complexity index is 703. The van der Waals surface area contributed by atoms with Crippen LogP contribution in [0.15, 0.2) is 46.9 Å². The van der Waals surface area contributed by atoms with Crippen LogP contribution < -0.4 is 10.6 Å². The maximum atomic E-state index is 13.5. The van der Waals surface area contributed by atoms with E-state index in [9.17, 15) is 22.4 Å². The van der Waals surface area contributed by atoms with Gasteiger partial charge in [-0.05, 0) is 36.4 Å². The zero-order valence-corrected chi connectivity index (χ0v) is 12.4. The molecule has 0 atom stereocenters. The van der Waals surface area contributed by atoms with Crippen molar-refractivity contribution in [2.45, 2.75) is 6.18 Å². The topological polar surface area (TPSA) is 41.1 Å². The van der Waals surface area contributed by atoms with E-state index in [0.29, 0.717) is 4.47 Å². The molecule has 8 heteroatoms. The predicted octanol–water partition coefficient (Wildman–Crippen LogP) is 5.25. The Balaban J connectivity index is 2.09. The van der Waals surface area contributed by atoms with Gasteiger partial charge in [-0.3, -0.25) is 0 Å². The molecule has 0 spiro atoms. The number of benzene rings is 2. The molecule has 0 radical (unpaired) electrons. The Labute approximate surface area is 131 Å². The van der Waals surface area contributed by atoms with Gasteiger partial charge in [0, 0.05) is 10.2 Å². The zero-order valence-electron chi connectivity index (χ0n) is 10.8. The molecule has 2 amide bonds. The molecule has 0 unspecified atom stereocenters. The summed E-state index contributed by atoms with van der Waals surface area (Å²) in [4.78, 5) is 11.7. The first-order valence-corrected chi connectivity index (χ1v) is 6.75. The van der Waals surface area contributed by atoms with E-state index < -0.39 is 23.6 Å². The van der Waals surface area contributed by atoms with E-state index >= 15 is 0 Å². The SMILES string of the molecule is O=C(Nc1cccc(C(F)(F)F)c1)Nc1ccc(Br)cc1F. The van der Waals surface area contributed by atoms with Crippen LogP contribution in [0.2, 0.25) is 0 Å². The van der Waals surface area contributed by atoms with Crippen molar-refractivity contribution in [1.29, 1.82) is 0 Å². The van der Waals surface area contributed by atoms with Crippen molar-refractivity contribution in [3.63, 3.8) is 0 Å². The highest BCUT2D eigenvalue weighted by atomic mass is 79.9. The molecule has 0 saturated carbocycles. The third kappa shape index (κ3) is 4.20. The number of urea groups is 1. The van der Waals surface area contributed by atoms with Crippen LogP contribution in [0.4, 0.5) is 33.7 Å². The number of halogens is 5. The second kappa shape index (κ2) is 6.35. The van der Waals surface area contributed by atoms with Gasteiger partial charge in [-0.2, -0.15) is 13.2 Å². The monoisotopic (exact) mass is 376 g/mol. The summed E-state index contributed by atoms with van der Waals surface area (Å²) in [6.45, 7) is 0. The summed E-state index contributed by atoms with van der Waals surface area (Å²) in [6, 6.07) is 7.29. The van der Waals surface area contributed by atoms with Crippen molar-refractivity contribution >= 4 is 33.3 Å². The van der Waals surface area contributed by atoms with Crippen molar-refractivity contribution in [1.82, 2.24) is 0 Å². The summed E-state index contributed by atoms with van der Waals surface area (Å²) in [5, 5.41) is 4.43. The molecule has 0 fully saturated rings. The first kappa shape index (κ1) is 16.3. The van der Waals surface area contributed by atoms with Gasteiger partial charge in [-0.25, -0.2) is 9.18 Å². The van der Waals surface area contributed by atoms with E-state index in [-0.39, 0.29) is 11.4 Å². The fourth-order valence-electron chi connectivity index (χ4n) is 1.65. The molecule has 0 aliphatic rings. The third-order valence-electron chi connectivity index (χ3n) is 2.63. The van der Waals surface area contributed by atoms with E-state index in [1.807, 2.05) is 0 Å². The molecule has 2 aromatic rings. The van der Waals surface area contributed by atoms with Gasteiger partial charge in [0.15, 0.2) is 0 Å². The quantitative estimate of drug-likeness (QED) is 0.690. The molecule has 0 aromatic heterocycles. The Morgan fingerprint density at radius 1 is 1.05 bits per heavy atom. The average molecular weight is 377 g/mol. The average Bonchev–Trinajstić information content (AvgIpc) is 2.41. The number of alkyl halides is 3. The minimum absolute atomic E-state index is 0.0511. The fraction of sp³-hybridized carbons (Fsp3) is 0.0714. The minimum atomic E-state index is -4.51. The van der Waals surface area contributed by atoms with Gasteiger partial charge in [-0.15, -0.1) is 0 Å². The van der Waals surface area contributed by atoms with E-state index in [1.54, 1.807) is 0 Å². The highest BCUT2D eigenvalue weighted by Crippen LogP contribution is 2.30. The van der Waals surface area contributed by atoms with Crippen LogP contribution in [-0.4, -0.2) is 6.03 Å². The van der Waals surface area contributed by atoms with Gasteiger partial charge in [0.2, 0.25) is 0 Å². The van der Waals surface area contributed by atoms with Crippen molar-refractivity contribution in [2.24, 2.45) is 0 Å². The number of carbonyl (C=O) groups excluding carboxylic acids is 1. The van der Waals surface area contributed by atoms with Crippen molar-refractivity contribution in [3.05, 3.63) is 58.3 Å². The van der Waals surface area contributed by atoms with Gasteiger partial charge in [-0.1, -0.05) is 22.0 Å². The number of rotatable bonds is 2. The molecule has 0 saturated heterocycles. The summed E-state index contributed by atoms with van der Waals surface area (Å²) in [6.07, 6.45) is -4.51. The maximum Gasteiger partial charge on any atom is 0.416 e. The van der Waals surface area contributed by atoms with Crippen LogP contribution in [0.25, 0.3) is 0 Å². The summed E-state index contributed by atoms with van der Waals surface area (Å²) >= 11 is 3.07. The van der Waals surface area contributed by atoms with Gasteiger partial charge < -0.3 is 10.6 Å². The summed E-state index contributed by atoms with van der Waals surface area (Å²) in [7, 11) is 0. The van der Waals surface area contributed by atoms with Gasteiger partial charge in [0.25, 0.3) is 0 Å². The molecular formula is C14H9BrF4N2O. The Morgan fingerprint density at radius 3 is 2.41 bits per heavy atom. The van der Waals surface area contributed by atoms with Gasteiger partial charge in [0.1, 0.15) is 5.82 Å². The smallest absolute Gasteiger partial charge is 0.308 e. The standard InChI is InChI=1S/C14H9BrF4N2O/c15-9-4-5-12(11(16)7-9)21-13(22)20-10-3-1-2-8(6-10)14(17,18)19/h1-7H,(H2,20,21,22). The molecular weight excluding hydrogens is 368 g/mol. The molecule has 22 heavy (non-hydrogen) atoms. The summed E-state index contributed by atoms with van der Waals surface area (Å²) in [5.41, 5.74) is -1.03. The maximum absolute atomic E-state index is 13.5. The Hall–Kier alpha value is -2.09. The number of anilines is 2.